The van der Waals surface area contributed by atoms with Gasteiger partial charge in [0.15, 0.2) is 11.6 Å². The van der Waals surface area contributed by atoms with Crippen LogP contribution in [-0.4, -0.2) is 23.9 Å². The first-order valence-electron chi connectivity index (χ1n) is 8.50. The van der Waals surface area contributed by atoms with E-state index >= 15 is 0 Å². The Labute approximate surface area is 153 Å². The third-order valence-electron chi connectivity index (χ3n) is 4.38. The van der Waals surface area contributed by atoms with Crippen molar-refractivity contribution in [2.45, 2.75) is 45.4 Å². The SMILES string of the molecule is CCCCCCCC1C(=O)[N+](CSC)(c2cccc(Cl)c2)N=C1[O-]. The first-order valence-corrected chi connectivity index (χ1v) is 10.3. The van der Waals surface area contributed by atoms with E-state index in [-0.39, 0.29) is 16.4 Å². The molecule has 132 valence electrons. The van der Waals surface area contributed by atoms with Gasteiger partial charge in [0.1, 0.15) is 5.92 Å². The van der Waals surface area contributed by atoms with Crippen LogP contribution in [0.25, 0.3) is 0 Å². The fourth-order valence-corrected chi connectivity index (χ4v) is 3.99. The van der Waals surface area contributed by atoms with E-state index in [1.165, 1.54) is 24.6 Å². The number of unbranched alkanes of at least 4 members (excludes halogenated alkanes) is 4. The van der Waals surface area contributed by atoms with E-state index in [4.69, 9.17) is 11.6 Å². The van der Waals surface area contributed by atoms with Crippen LogP contribution in [0.1, 0.15) is 45.4 Å². The summed E-state index contributed by atoms with van der Waals surface area (Å²) < 4.78 is -0.264. The van der Waals surface area contributed by atoms with Gasteiger partial charge in [-0.1, -0.05) is 66.4 Å². The quantitative estimate of drug-likeness (QED) is 0.485. The van der Waals surface area contributed by atoms with Crippen LogP contribution < -0.4 is 9.70 Å². The van der Waals surface area contributed by atoms with Gasteiger partial charge in [-0.3, -0.25) is 0 Å². The highest BCUT2D eigenvalue weighted by Gasteiger charge is 2.49. The molecule has 0 saturated heterocycles. The lowest BCUT2D eigenvalue weighted by molar-refractivity contribution is -0.222. The predicted octanol–water partition coefficient (Wildman–Crippen LogP) is 4.16. The van der Waals surface area contributed by atoms with E-state index in [1.54, 1.807) is 18.2 Å². The molecule has 1 aromatic rings. The van der Waals surface area contributed by atoms with E-state index < -0.39 is 5.92 Å². The molecule has 2 atom stereocenters. The molecule has 4 nitrogen and oxygen atoms in total. The summed E-state index contributed by atoms with van der Waals surface area (Å²) in [5, 5.41) is 17.2. The molecule has 0 fully saturated rings. The molecule has 24 heavy (non-hydrogen) atoms. The molecule has 0 saturated carbocycles. The molecule has 1 aliphatic heterocycles. The zero-order chi connectivity index (χ0) is 17.6. The zero-order valence-corrected chi connectivity index (χ0v) is 15.9. The van der Waals surface area contributed by atoms with Crippen LogP contribution in [0.2, 0.25) is 5.02 Å². The normalized spacial score (nSPS) is 23.5. The van der Waals surface area contributed by atoms with Crippen molar-refractivity contribution in [2.75, 3.05) is 12.1 Å². The highest BCUT2D eigenvalue weighted by atomic mass is 35.5. The minimum atomic E-state index is -0.613. The summed E-state index contributed by atoms with van der Waals surface area (Å²) >= 11 is 7.59. The molecule has 1 aliphatic rings. The fraction of sp³-hybridized carbons (Fsp3) is 0.556. The second-order valence-electron chi connectivity index (χ2n) is 6.20. The smallest absolute Gasteiger partial charge is 0.353 e. The third kappa shape index (κ3) is 4.13. The van der Waals surface area contributed by atoms with E-state index in [0.717, 1.165) is 19.3 Å². The highest BCUT2D eigenvalue weighted by molar-refractivity contribution is 7.98. The third-order valence-corrected chi connectivity index (χ3v) is 5.24. The van der Waals surface area contributed by atoms with Crippen LogP contribution in [0, 0.1) is 5.92 Å². The number of benzene rings is 1. The van der Waals surface area contributed by atoms with Gasteiger partial charge in [-0.15, -0.1) is 11.8 Å². The number of halogens is 1. The molecule has 0 radical (unpaired) electrons. The molecule has 1 amide bonds. The Hall–Kier alpha value is -1.04. The first kappa shape index (κ1) is 19.3. The summed E-state index contributed by atoms with van der Waals surface area (Å²) in [5.74, 6) is -0.605. The predicted molar refractivity (Wildman–Crippen MR) is 101 cm³/mol. The lowest BCUT2D eigenvalue weighted by Crippen LogP contribution is -2.48. The molecule has 0 N–H and O–H groups in total. The second kappa shape index (κ2) is 8.88. The molecule has 2 rings (SSSR count). The van der Waals surface area contributed by atoms with Crippen LogP contribution in [0.5, 0.6) is 0 Å². The number of carbonyl (C=O) groups excluding carboxylic acids is 1. The zero-order valence-electron chi connectivity index (χ0n) is 14.3. The lowest BCUT2D eigenvalue weighted by atomic mass is 9.99. The molecule has 0 aromatic heterocycles. The van der Waals surface area contributed by atoms with Crippen LogP contribution >= 0.6 is 23.4 Å². The van der Waals surface area contributed by atoms with Gasteiger partial charge < -0.3 is 5.11 Å². The number of quaternary nitrogens is 1. The standard InChI is InChI=1S/C18H25ClN2O2S/c1-3-4-5-6-7-11-16-17(22)20-21(13-24-2,18(16)23)15-10-8-9-14(19)12-15/h8-10,12,16H,3-7,11,13H2,1-2H3. The van der Waals surface area contributed by atoms with Gasteiger partial charge in [-0.25, -0.2) is 4.79 Å². The molecular formula is C18H25ClN2O2S. The number of hydrogen-bond donors (Lipinski definition) is 0. The van der Waals surface area contributed by atoms with Gasteiger partial charge in [0.05, 0.1) is 0 Å². The van der Waals surface area contributed by atoms with Gasteiger partial charge in [-0.2, -0.15) is 0 Å². The molecule has 0 aliphatic carbocycles. The van der Waals surface area contributed by atoms with E-state index in [0.29, 0.717) is 23.0 Å². The number of hydrogen-bond acceptors (Lipinski definition) is 4. The number of rotatable bonds is 9. The largest absolute Gasteiger partial charge is 0.857 e. The molecule has 6 heteroatoms. The summed E-state index contributed by atoms with van der Waals surface area (Å²) in [6.07, 6.45) is 8.00. The van der Waals surface area contributed by atoms with Crippen LogP contribution in [0.3, 0.4) is 0 Å². The van der Waals surface area contributed by atoms with Crippen LogP contribution in [0.15, 0.2) is 29.4 Å². The van der Waals surface area contributed by atoms with Crippen molar-refractivity contribution in [2.24, 2.45) is 11.0 Å². The molecule has 1 aromatic carbocycles. The van der Waals surface area contributed by atoms with Gasteiger partial charge in [0.25, 0.3) is 0 Å². The van der Waals surface area contributed by atoms with Crippen molar-refractivity contribution in [3.63, 3.8) is 0 Å². The number of thioether (sulfide) groups is 1. The summed E-state index contributed by atoms with van der Waals surface area (Å²) in [7, 11) is 0. The van der Waals surface area contributed by atoms with Gasteiger partial charge >= 0.3 is 5.91 Å². The summed E-state index contributed by atoms with van der Waals surface area (Å²) in [5.41, 5.74) is 0.670. The topological polar surface area (TPSA) is 52.5 Å². The Morgan fingerprint density at radius 3 is 2.71 bits per heavy atom. The maximum absolute atomic E-state index is 13.1. The van der Waals surface area contributed by atoms with Crippen molar-refractivity contribution in [1.82, 2.24) is 4.59 Å². The van der Waals surface area contributed by atoms with Gasteiger partial charge in [-0.05, 0) is 18.7 Å². The fourth-order valence-electron chi connectivity index (χ4n) is 3.09. The summed E-state index contributed by atoms with van der Waals surface area (Å²) in [6.45, 7) is 2.17. The lowest BCUT2D eigenvalue weighted by Gasteiger charge is -2.26. The Balaban J connectivity index is 2.17. The highest BCUT2D eigenvalue weighted by Crippen LogP contribution is 2.36. The monoisotopic (exact) mass is 368 g/mol. The van der Waals surface area contributed by atoms with E-state index in [2.05, 4.69) is 12.0 Å². The Morgan fingerprint density at radius 1 is 1.29 bits per heavy atom. The van der Waals surface area contributed by atoms with Gasteiger partial charge in [0, 0.05) is 23.1 Å². The van der Waals surface area contributed by atoms with Crippen molar-refractivity contribution >= 4 is 40.9 Å². The maximum Gasteiger partial charge on any atom is 0.353 e. The minimum absolute atomic E-state index is 0.118. The molecular weight excluding hydrogens is 344 g/mol. The van der Waals surface area contributed by atoms with E-state index in [1.807, 2.05) is 12.3 Å². The minimum Gasteiger partial charge on any atom is -0.857 e. The Kier molecular flexibility index (Phi) is 7.14. The average molecular weight is 369 g/mol. The molecule has 0 bridgehead atoms. The Bertz CT molecular complexity index is 608. The average Bonchev–Trinajstić information content (AvgIpc) is 2.80. The number of carbonyl (C=O) groups is 1. The van der Waals surface area contributed by atoms with Crippen molar-refractivity contribution < 1.29 is 9.90 Å². The van der Waals surface area contributed by atoms with Crippen molar-refractivity contribution in [3.8, 4) is 0 Å². The molecule has 0 spiro atoms. The van der Waals surface area contributed by atoms with Crippen molar-refractivity contribution in [1.29, 1.82) is 0 Å². The van der Waals surface area contributed by atoms with Gasteiger partial charge in [0.2, 0.25) is 0 Å². The number of nitrogens with zero attached hydrogens (tertiary/aromatic N) is 2. The van der Waals surface area contributed by atoms with Crippen LogP contribution in [-0.2, 0) is 4.79 Å². The molecule has 1 heterocycles. The maximum atomic E-state index is 13.1. The Morgan fingerprint density at radius 2 is 2.04 bits per heavy atom. The van der Waals surface area contributed by atoms with Crippen LogP contribution in [0.4, 0.5) is 5.69 Å². The summed E-state index contributed by atoms with van der Waals surface area (Å²) in [6, 6.07) is 7.11. The first-order chi connectivity index (χ1) is 11.5. The van der Waals surface area contributed by atoms with Crippen molar-refractivity contribution in [3.05, 3.63) is 29.3 Å². The second-order valence-corrected chi connectivity index (χ2v) is 7.47. The molecule has 2 unspecified atom stereocenters. The summed E-state index contributed by atoms with van der Waals surface area (Å²) in [4.78, 5) is 13.1. The van der Waals surface area contributed by atoms with E-state index in [9.17, 15) is 9.90 Å². The number of amides is 1.